The number of hydrogen-bond donors (Lipinski definition) is 1. The monoisotopic (exact) mass is 413 g/mol. The second kappa shape index (κ2) is 8.48. The van der Waals surface area contributed by atoms with E-state index in [0.29, 0.717) is 17.0 Å². The fourth-order valence-corrected chi connectivity index (χ4v) is 3.93. The van der Waals surface area contributed by atoms with Crippen LogP contribution in [0.25, 0.3) is 5.76 Å². The van der Waals surface area contributed by atoms with Gasteiger partial charge in [-0.1, -0.05) is 61.5 Å². The van der Waals surface area contributed by atoms with Crippen LogP contribution in [0.2, 0.25) is 0 Å². The minimum Gasteiger partial charge on any atom is -0.507 e. The zero-order valence-electron chi connectivity index (χ0n) is 17.4. The van der Waals surface area contributed by atoms with E-state index in [2.05, 4.69) is 6.92 Å². The molecule has 31 heavy (non-hydrogen) atoms. The Morgan fingerprint density at radius 1 is 0.935 bits per heavy atom. The third-order valence-electron chi connectivity index (χ3n) is 5.54. The number of Topliss-reactive ketones (excluding diaryl/α,β-unsaturated/α-hetero) is 1. The Hall–Kier alpha value is -3.86. The number of rotatable bonds is 5. The first-order chi connectivity index (χ1) is 15.1. The number of carbonyl (C=O) groups is 2. The van der Waals surface area contributed by atoms with E-state index in [1.165, 1.54) is 12.0 Å². The molecule has 1 fully saturated rings. The van der Waals surface area contributed by atoms with Gasteiger partial charge in [-0.15, -0.1) is 0 Å². The van der Waals surface area contributed by atoms with E-state index in [1.54, 1.807) is 24.3 Å². The number of carbonyl (C=O) groups excluding carboxylic acids is 2. The van der Waals surface area contributed by atoms with E-state index in [-0.39, 0.29) is 11.3 Å². The zero-order chi connectivity index (χ0) is 22.0. The molecule has 4 rings (SSSR count). The van der Waals surface area contributed by atoms with Gasteiger partial charge in [-0.25, -0.2) is 0 Å². The van der Waals surface area contributed by atoms with E-state index in [4.69, 9.17) is 4.74 Å². The number of hydrogen-bond acceptors (Lipinski definition) is 4. The molecule has 3 aromatic carbocycles. The van der Waals surface area contributed by atoms with Gasteiger partial charge in [0.1, 0.15) is 11.5 Å². The van der Waals surface area contributed by atoms with Crippen molar-refractivity contribution in [3.05, 3.63) is 101 Å². The number of amides is 1. The lowest BCUT2D eigenvalue weighted by Crippen LogP contribution is -2.29. The minimum absolute atomic E-state index is 0.0419. The maximum Gasteiger partial charge on any atom is 0.300 e. The molecule has 0 spiro atoms. The first-order valence-electron chi connectivity index (χ1n) is 10.1. The van der Waals surface area contributed by atoms with Gasteiger partial charge in [-0.05, 0) is 41.8 Å². The molecule has 156 valence electrons. The molecular weight excluding hydrogens is 390 g/mol. The second-order valence-electron chi connectivity index (χ2n) is 7.30. The SMILES string of the molecule is CCc1ccc(N2C(=O)C(=O)/C(=C(\O)c3ccccc3OC)C2c2ccccc2)cc1. The van der Waals surface area contributed by atoms with Crippen LogP contribution in [0.5, 0.6) is 5.75 Å². The predicted octanol–water partition coefficient (Wildman–Crippen LogP) is 4.88. The van der Waals surface area contributed by atoms with Gasteiger partial charge in [0, 0.05) is 5.69 Å². The Labute approximate surface area is 181 Å². The average Bonchev–Trinajstić information content (AvgIpc) is 3.09. The lowest BCUT2D eigenvalue weighted by atomic mass is 9.95. The normalized spacial score (nSPS) is 17.7. The van der Waals surface area contributed by atoms with E-state index in [1.807, 2.05) is 54.6 Å². The molecule has 1 aliphatic rings. The number of methoxy groups -OCH3 is 1. The number of aliphatic hydroxyl groups is 1. The molecule has 0 aliphatic carbocycles. The van der Waals surface area contributed by atoms with Crippen LogP contribution in [0.4, 0.5) is 5.69 Å². The number of ketones is 1. The molecule has 0 bridgehead atoms. The molecule has 1 N–H and O–H groups in total. The smallest absolute Gasteiger partial charge is 0.300 e. The van der Waals surface area contributed by atoms with Crippen molar-refractivity contribution in [2.45, 2.75) is 19.4 Å². The number of aryl methyl sites for hydroxylation is 1. The van der Waals surface area contributed by atoms with Crippen LogP contribution in [0, 0.1) is 0 Å². The maximum atomic E-state index is 13.2. The predicted molar refractivity (Wildman–Crippen MR) is 120 cm³/mol. The van der Waals surface area contributed by atoms with Crippen LogP contribution in [-0.4, -0.2) is 23.9 Å². The van der Waals surface area contributed by atoms with Crippen molar-refractivity contribution in [1.29, 1.82) is 0 Å². The highest BCUT2D eigenvalue weighted by atomic mass is 16.5. The summed E-state index contributed by atoms with van der Waals surface area (Å²) in [7, 11) is 1.49. The van der Waals surface area contributed by atoms with Gasteiger partial charge in [-0.2, -0.15) is 0 Å². The topological polar surface area (TPSA) is 66.8 Å². The average molecular weight is 413 g/mol. The van der Waals surface area contributed by atoms with E-state index in [0.717, 1.165) is 17.5 Å². The number of nitrogens with zero attached hydrogens (tertiary/aromatic N) is 1. The molecule has 1 saturated heterocycles. The first-order valence-corrected chi connectivity index (χ1v) is 10.1. The molecule has 0 aromatic heterocycles. The number of aliphatic hydroxyl groups excluding tert-OH is 1. The lowest BCUT2D eigenvalue weighted by molar-refractivity contribution is -0.132. The van der Waals surface area contributed by atoms with E-state index < -0.39 is 17.7 Å². The quantitative estimate of drug-likeness (QED) is 0.368. The summed E-state index contributed by atoms with van der Waals surface area (Å²) in [6.07, 6.45) is 0.870. The molecule has 1 heterocycles. The van der Waals surface area contributed by atoms with Crippen LogP contribution >= 0.6 is 0 Å². The van der Waals surface area contributed by atoms with Gasteiger partial charge in [0.2, 0.25) is 0 Å². The summed E-state index contributed by atoms with van der Waals surface area (Å²) in [5.41, 5.74) is 2.88. The highest BCUT2D eigenvalue weighted by Crippen LogP contribution is 2.43. The first kappa shape index (κ1) is 20.4. The van der Waals surface area contributed by atoms with Crippen LogP contribution < -0.4 is 9.64 Å². The fourth-order valence-electron chi connectivity index (χ4n) is 3.93. The molecule has 5 nitrogen and oxygen atoms in total. The molecule has 1 atom stereocenters. The van der Waals surface area contributed by atoms with Crippen molar-refractivity contribution < 1.29 is 19.4 Å². The Morgan fingerprint density at radius 3 is 2.23 bits per heavy atom. The molecule has 0 saturated carbocycles. The molecular formula is C26H23NO4. The highest BCUT2D eigenvalue weighted by Gasteiger charge is 2.47. The molecule has 5 heteroatoms. The minimum atomic E-state index is -0.751. The van der Waals surface area contributed by atoms with Crippen molar-refractivity contribution in [1.82, 2.24) is 0 Å². The van der Waals surface area contributed by atoms with Crippen molar-refractivity contribution in [3.63, 3.8) is 0 Å². The van der Waals surface area contributed by atoms with Crippen molar-refractivity contribution in [3.8, 4) is 5.75 Å². The van der Waals surface area contributed by atoms with Crippen molar-refractivity contribution >= 4 is 23.1 Å². The van der Waals surface area contributed by atoms with Gasteiger partial charge < -0.3 is 9.84 Å². The Bertz CT molecular complexity index is 1150. The second-order valence-corrected chi connectivity index (χ2v) is 7.30. The summed E-state index contributed by atoms with van der Waals surface area (Å²) in [4.78, 5) is 27.8. The van der Waals surface area contributed by atoms with E-state index >= 15 is 0 Å². The summed E-state index contributed by atoms with van der Waals surface area (Å²) in [5.74, 6) is -1.23. The fraction of sp³-hybridized carbons (Fsp3) is 0.154. The number of benzene rings is 3. The van der Waals surface area contributed by atoms with Crippen molar-refractivity contribution in [2.24, 2.45) is 0 Å². The van der Waals surface area contributed by atoms with Crippen molar-refractivity contribution in [2.75, 3.05) is 12.0 Å². The number of anilines is 1. The van der Waals surface area contributed by atoms with Crippen LogP contribution in [0.1, 0.15) is 29.7 Å². The zero-order valence-corrected chi connectivity index (χ0v) is 17.4. The van der Waals surface area contributed by atoms with Gasteiger partial charge in [0.05, 0.1) is 24.3 Å². The number of para-hydroxylation sites is 1. The molecule has 1 unspecified atom stereocenters. The maximum absolute atomic E-state index is 13.2. The summed E-state index contributed by atoms with van der Waals surface area (Å²) in [5, 5.41) is 11.2. The summed E-state index contributed by atoms with van der Waals surface area (Å²) < 4.78 is 5.36. The third kappa shape index (κ3) is 3.59. The number of ether oxygens (including phenoxy) is 1. The Kier molecular flexibility index (Phi) is 5.58. The third-order valence-corrected chi connectivity index (χ3v) is 5.54. The van der Waals surface area contributed by atoms with Crippen LogP contribution in [0.15, 0.2) is 84.4 Å². The van der Waals surface area contributed by atoms with Gasteiger partial charge in [0.15, 0.2) is 0 Å². The Morgan fingerprint density at radius 2 is 1.58 bits per heavy atom. The largest absolute Gasteiger partial charge is 0.507 e. The lowest BCUT2D eigenvalue weighted by Gasteiger charge is -2.25. The van der Waals surface area contributed by atoms with Crippen LogP contribution in [-0.2, 0) is 16.0 Å². The summed E-state index contributed by atoms with van der Waals surface area (Å²) >= 11 is 0. The summed E-state index contributed by atoms with van der Waals surface area (Å²) in [6, 6.07) is 22.9. The molecule has 1 amide bonds. The van der Waals surface area contributed by atoms with Gasteiger partial charge in [-0.3, -0.25) is 14.5 Å². The standard InChI is InChI=1S/C26H23NO4/c1-3-17-13-15-19(16-14-17)27-23(18-9-5-4-6-10-18)22(25(29)26(27)30)24(28)20-11-7-8-12-21(20)31-2/h4-16,23,28H,3H2,1-2H3/b24-22-. The molecule has 0 radical (unpaired) electrons. The summed E-state index contributed by atoms with van der Waals surface area (Å²) in [6.45, 7) is 2.05. The molecule has 3 aromatic rings. The molecule has 1 aliphatic heterocycles. The van der Waals surface area contributed by atoms with Gasteiger partial charge in [0.25, 0.3) is 11.7 Å². The van der Waals surface area contributed by atoms with E-state index in [9.17, 15) is 14.7 Å². The van der Waals surface area contributed by atoms with Gasteiger partial charge >= 0.3 is 0 Å². The van der Waals surface area contributed by atoms with Crippen LogP contribution in [0.3, 0.4) is 0 Å². The highest BCUT2D eigenvalue weighted by molar-refractivity contribution is 6.51. The Balaban J connectivity index is 1.94.